The van der Waals surface area contributed by atoms with Crippen LogP contribution < -0.4 is 36.2 Å². The van der Waals surface area contributed by atoms with Gasteiger partial charge in [-0.05, 0) is 102 Å². The molecular weight excluding hydrogens is 908 g/mol. The molecule has 0 bridgehead atoms. The first-order chi connectivity index (χ1) is 33.7. The standard InChI is InChI=1S/C51H63N12O6P/c1-33-30-53-51(58-47(33)55-38-13-7-8-15-44(38)70(4,5)68)56-40-28-37(34-31-54-59(2)32-34)42(29-43(40)69-3)62-26-24-61(25-27-62)35-18-22-60(23-19-35)21-10-6-9-20-52-39-14-11-12-36-46(39)50(67)63(49(36)66)41-16-17-45(64)57-48(41)65/h7-8,11-15,28-32,35,41,52H,6,9-10,16-27H2,1-5H3,(H,57,64,65)(H2,53,55,56,58). The molecule has 368 valence electrons. The van der Waals surface area contributed by atoms with Gasteiger partial charge in [0.1, 0.15) is 24.8 Å². The van der Waals surface area contributed by atoms with Gasteiger partial charge in [0.2, 0.25) is 17.8 Å². The Hall–Kier alpha value is -6.62. The molecule has 18 nitrogen and oxygen atoms in total. The number of amides is 4. The molecule has 6 heterocycles. The van der Waals surface area contributed by atoms with Crippen molar-refractivity contribution in [2.24, 2.45) is 7.05 Å². The molecule has 4 N–H and O–H groups in total. The molecule has 3 saturated heterocycles. The fourth-order valence-electron chi connectivity index (χ4n) is 10.2. The Morgan fingerprint density at radius 1 is 0.829 bits per heavy atom. The second-order valence-electron chi connectivity index (χ2n) is 19.1. The lowest BCUT2D eigenvalue weighted by molar-refractivity contribution is -0.136. The van der Waals surface area contributed by atoms with Crippen molar-refractivity contribution in [3.63, 3.8) is 0 Å². The number of unbranched alkanes of at least 4 members (excludes halogenated alkanes) is 2. The summed E-state index contributed by atoms with van der Waals surface area (Å²) >= 11 is 0. The number of carbonyl (C=O) groups is 4. The van der Waals surface area contributed by atoms with E-state index in [-0.39, 0.29) is 18.4 Å². The first kappa shape index (κ1) is 48.4. The molecule has 0 saturated carbocycles. The summed E-state index contributed by atoms with van der Waals surface area (Å²) in [5, 5.41) is 17.7. The number of ether oxygens (including phenoxy) is 1. The van der Waals surface area contributed by atoms with E-state index in [0.29, 0.717) is 41.4 Å². The minimum absolute atomic E-state index is 0.0875. The van der Waals surface area contributed by atoms with Gasteiger partial charge in [0.25, 0.3) is 11.8 Å². The van der Waals surface area contributed by atoms with E-state index in [1.54, 1.807) is 44.8 Å². The number of carbonyl (C=O) groups excluding carboxylic acids is 4. The maximum absolute atomic E-state index is 13.4. The second-order valence-corrected chi connectivity index (χ2v) is 22.3. The lowest BCUT2D eigenvalue weighted by atomic mass is 10.0. The zero-order valence-electron chi connectivity index (χ0n) is 40.7. The molecule has 0 spiro atoms. The summed E-state index contributed by atoms with van der Waals surface area (Å²) in [6.45, 7) is 13.0. The predicted octanol–water partition coefficient (Wildman–Crippen LogP) is 6.20. The maximum atomic E-state index is 13.4. The molecule has 3 fully saturated rings. The van der Waals surface area contributed by atoms with E-state index >= 15 is 0 Å². The van der Waals surface area contributed by atoms with Crippen molar-refractivity contribution in [3.05, 3.63) is 89.9 Å². The Balaban J connectivity index is 0.760. The molecule has 2 aromatic heterocycles. The van der Waals surface area contributed by atoms with E-state index in [9.17, 15) is 23.7 Å². The van der Waals surface area contributed by atoms with Gasteiger partial charge in [-0.3, -0.25) is 39.0 Å². The lowest BCUT2D eigenvalue weighted by Crippen LogP contribution is -2.54. The topological polar surface area (TPSA) is 199 Å². The minimum atomic E-state index is -2.55. The number of imide groups is 2. The minimum Gasteiger partial charge on any atom is -0.494 e. The number of anilines is 6. The largest absolute Gasteiger partial charge is 0.494 e. The molecule has 0 aliphatic carbocycles. The van der Waals surface area contributed by atoms with Crippen LogP contribution in [0.2, 0.25) is 0 Å². The first-order valence-corrected chi connectivity index (χ1v) is 26.9. The van der Waals surface area contributed by atoms with E-state index in [1.807, 2.05) is 55.3 Å². The van der Waals surface area contributed by atoms with Gasteiger partial charge < -0.3 is 35.1 Å². The van der Waals surface area contributed by atoms with Gasteiger partial charge in [0, 0.05) is 104 Å². The maximum Gasteiger partial charge on any atom is 0.264 e. The zero-order chi connectivity index (χ0) is 49.1. The van der Waals surface area contributed by atoms with Gasteiger partial charge in [0.05, 0.1) is 35.8 Å². The number of rotatable bonds is 17. The number of hydrogen-bond acceptors (Lipinski definition) is 15. The summed E-state index contributed by atoms with van der Waals surface area (Å²) in [7, 11) is 1.05. The summed E-state index contributed by atoms with van der Waals surface area (Å²) in [4.78, 5) is 69.0. The van der Waals surface area contributed by atoms with Gasteiger partial charge >= 0.3 is 0 Å². The number of hydrogen-bond donors (Lipinski definition) is 4. The summed E-state index contributed by atoms with van der Waals surface area (Å²) < 4.78 is 20.9. The Morgan fingerprint density at radius 2 is 1.60 bits per heavy atom. The highest BCUT2D eigenvalue weighted by Crippen LogP contribution is 2.42. The van der Waals surface area contributed by atoms with Gasteiger partial charge in [-0.15, -0.1) is 0 Å². The molecule has 4 amide bonds. The molecule has 4 aliphatic rings. The van der Waals surface area contributed by atoms with Crippen LogP contribution in [0.4, 0.5) is 34.5 Å². The average molecular weight is 971 g/mol. The Morgan fingerprint density at radius 3 is 2.33 bits per heavy atom. The summed E-state index contributed by atoms with van der Waals surface area (Å²) in [6, 6.07) is 16.6. The quantitative estimate of drug-likeness (QED) is 0.0466. The zero-order valence-corrected chi connectivity index (χ0v) is 41.6. The molecule has 5 aromatic rings. The van der Waals surface area contributed by atoms with E-state index in [1.165, 1.54) is 0 Å². The highest BCUT2D eigenvalue weighted by atomic mass is 31.2. The molecular formula is C51H63N12O6P. The van der Waals surface area contributed by atoms with Crippen molar-refractivity contribution < 1.29 is 28.5 Å². The summed E-state index contributed by atoms with van der Waals surface area (Å²) in [6.07, 6.45) is 11.2. The number of aromatic nitrogens is 4. The number of piperazine rings is 1. The Bertz CT molecular complexity index is 2830. The van der Waals surface area contributed by atoms with Crippen LogP contribution in [0.1, 0.15) is 71.2 Å². The Kier molecular flexibility index (Phi) is 14.4. The third-order valence-electron chi connectivity index (χ3n) is 14.0. The number of para-hydroxylation sites is 1. The van der Waals surface area contributed by atoms with Crippen molar-refractivity contribution in [2.75, 3.05) is 93.6 Å². The molecule has 1 unspecified atom stereocenters. The van der Waals surface area contributed by atoms with E-state index in [2.05, 4.69) is 58.2 Å². The van der Waals surface area contributed by atoms with Crippen LogP contribution in [-0.2, 0) is 21.2 Å². The number of fused-ring (bicyclic) bond motifs is 1. The second kappa shape index (κ2) is 20.8. The van der Waals surface area contributed by atoms with Crippen molar-refractivity contribution in [3.8, 4) is 16.9 Å². The molecule has 70 heavy (non-hydrogen) atoms. The number of methoxy groups -OCH3 is 1. The van der Waals surface area contributed by atoms with E-state index in [4.69, 9.17) is 9.72 Å². The number of nitrogens with zero attached hydrogens (tertiary/aromatic N) is 8. The van der Waals surface area contributed by atoms with Gasteiger partial charge in [0.15, 0.2) is 0 Å². The smallest absolute Gasteiger partial charge is 0.264 e. The molecule has 4 aliphatic heterocycles. The van der Waals surface area contributed by atoms with E-state index < -0.39 is 36.8 Å². The monoisotopic (exact) mass is 970 g/mol. The van der Waals surface area contributed by atoms with Gasteiger partial charge in [-0.25, -0.2) is 4.98 Å². The third kappa shape index (κ3) is 10.4. The number of piperidine rings is 2. The molecule has 1 atom stereocenters. The van der Waals surface area contributed by atoms with Gasteiger partial charge in [-0.2, -0.15) is 10.1 Å². The molecule has 9 rings (SSSR count). The van der Waals surface area contributed by atoms with Crippen LogP contribution >= 0.6 is 7.14 Å². The number of aryl methyl sites for hydroxylation is 2. The number of benzene rings is 3. The first-order valence-electron chi connectivity index (χ1n) is 24.3. The Labute approximate surface area is 408 Å². The third-order valence-corrected chi connectivity index (χ3v) is 15.5. The van der Waals surface area contributed by atoms with Crippen molar-refractivity contribution >= 4 is 70.6 Å². The molecule has 19 heteroatoms. The van der Waals surface area contributed by atoms with Gasteiger partial charge in [-0.1, -0.05) is 24.6 Å². The molecule has 0 radical (unpaired) electrons. The molecule has 3 aromatic carbocycles. The average Bonchev–Trinajstić information content (AvgIpc) is 3.90. The summed E-state index contributed by atoms with van der Waals surface area (Å²) in [5.41, 5.74) is 6.61. The normalized spacial score (nSPS) is 18.3. The van der Waals surface area contributed by atoms with Crippen LogP contribution in [0.15, 0.2) is 73.2 Å². The fraction of sp³-hybridized carbons (Fsp3) is 0.431. The van der Waals surface area contributed by atoms with Crippen LogP contribution in [0.25, 0.3) is 11.1 Å². The van der Waals surface area contributed by atoms with Crippen molar-refractivity contribution in [2.45, 2.75) is 64.0 Å². The van der Waals surface area contributed by atoms with Crippen LogP contribution in [0.5, 0.6) is 5.75 Å². The van der Waals surface area contributed by atoms with Crippen molar-refractivity contribution in [1.29, 1.82) is 0 Å². The van der Waals surface area contributed by atoms with Crippen LogP contribution in [-0.4, -0.2) is 143 Å². The summed E-state index contributed by atoms with van der Waals surface area (Å²) in [5.74, 6) is -0.317. The highest BCUT2D eigenvalue weighted by Gasteiger charge is 2.45. The number of nitrogens with one attached hydrogen (secondary N) is 4. The van der Waals surface area contributed by atoms with Crippen molar-refractivity contribution in [1.82, 2.24) is 39.8 Å². The van der Waals surface area contributed by atoms with Crippen LogP contribution in [0.3, 0.4) is 0 Å². The lowest BCUT2D eigenvalue weighted by Gasteiger charge is -2.43. The SMILES string of the molecule is COc1cc(N2CCN(C3CCN(CCCCCNc4cccc5c4C(=O)N(C4CCC(=O)NC4=O)C5=O)CC3)CC2)c(-c2cnn(C)c2)cc1Nc1ncc(C)c(Nc2ccccc2P(C)(C)=O)n1. The fourth-order valence-corrected chi connectivity index (χ4v) is 11.3. The highest BCUT2D eigenvalue weighted by molar-refractivity contribution is 7.70. The van der Waals surface area contributed by atoms with Crippen LogP contribution in [0, 0.1) is 6.92 Å². The van der Waals surface area contributed by atoms with E-state index in [0.717, 1.165) is 122 Å². The predicted molar refractivity (Wildman–Crippen MR) is 273 cm³/mol. The number of likely N-dealkylation sites (tertiary alicyclic amines) is 1.